The van der Waals surface area contributed by atoms with Crippen LogP contribution in [0.15, 0.2) is 42.5 Å². The number of methoxy groups -OCH3 is 1. The van der Waals surface area contributed by atoms with Crippen LogP contribution >= 0.6 is 0 Å². The van der Waals surface area contributed by atoms with Gasteiger partial charge in [-0.05, 0) is 60.7 Å². The average molecular weight is 425 g/mol. The van der Waals surface area contributed by atoms with Crippen molar-refractivity contribution in [3.05, 3.63) is 53.6 Å². The second-order valence-corrected chi connectivity index (χ2v) is 8.59. The molecular formula is C25H32N2O4. The van der Waals surface area contributed by atoms with Crippen LogP contribution in [0, 0.1) is 5.92 Å². The molecule has 6 heteroatoms. The van der Waals surface area contributed by atoms with Gasteiger partial charge in [-0.3, -0.25) is 9.69 Å². The lowest BCUT2D eigenvalue weighted by atomic mass is 9.96. The quantitative estimate of drug-likeness (QED) is 0.725. The fourth-order valence-corrected chi connectivity index (χ4v) is 4.51. The van der Waals surface area contributed by atoms with Crippen molar-refractivity contribution >= 4 is 5.91 Å². The van der Waals surface area contributed by atoms with Crippen molar-refractivity contribution < 1.29 is 19.0 Å². The van der Waals surface area contributed by atoms with E-state index in [1.54, 1.807) is 7.11 Å². The van der Waals surface area contributed by atoms with Gasteiger partial charge >= 0.3 is 0 Å². The maximum absolute atomic E-state index is 13.0. The summed E-state index contributed by atoms with van der Waals surface area (Å²) in [6.07, 6.45) is 2.12. The number of rotatable bonds is 7. The summed E-state index contributed by atoms with van der Waals surface area (Å²) in [6.45, 7) is 6.73. The molecule has 6 nitrogen and oxygen atoms in total. The van der Waals surface area contributed by atoms with Crippen molar-refractivity contribution in [3.8, 4) is 17.2 Å². The van der Waals surface area contributed by atoms with E-state index in [9.17, 15) is 4.79 Å². The number of hydrogen-bond acceptors (Lipinski definition) is 5. The number of fused-ring (bicyclic) bond motifs is 1. The SMILES string of the molecule is COc1ccc(C(NC(=O)CN2CCCC2c2ccc3c(c2)OCCO3)C(C)C)cc1. The first-order valence-electron chi connectivity index (χ1n) is 11.1. The molecular weight excluding hydrogens is 392 g/mol. The van der Waals surface area contributed by atoms with Crippen LogP contribution in [0.3, 0.4) is 0 Å². The van der Waals surface area contributed by atoms with Gasteiger partial charge in [-0.15, -0.1) is 0 Å². The topological polar surface area (TPSA) is 60.0 Å². The van der Waals surface area contributed by atoms with Crippen LogP contribution in [-0.2, 0) is 4.79 Å². The average Bonchev–Trinajstić information content (AvgIpc) is 3.25. The van der Waals surface area contributed by atoms with Crippen molar-refractivity contribution in [1.82, 2.24) is 10.2 Å². The molecule has 0 aromatic heterocycles. The van der Waals surface area contributed by atoms with Crippen LogP contribution in [-0.4, -0.2) is 44.2 Å². The summed E-state index contributed by atoms with van der Waals surface area (Å²) in [7, 11) is 1.66. The first-order valence-corrected chi connectivity index (χ1v) is 11.1. The van der Waals surface area contributed by atoms with Crippen LogP contribution in [0.1, 0.15) is 49.9 Å². The van der Waals surface area contributed by atoms with E-state index >= 15 is 0 Å². The van der Waals surface area contributed by atoms with Crippen LogP contribution in [0.4, 0.5) is 0 Å². The Labute approximate surface area is 184 Å². The Morgan fingerprint density at radius 1 is 1.13 bits per heavy atom. The summed E-state index contributed by atoms with van der Waals surface area (Å²) in [5.41, 5.74) is 2.28. The van der Waals surface area contributed by atoms with Gasteiger partial charge in [0.1, 0.15) is 19.0 Å². The first kappa shape index (κ1) is 21.5. The lowest BCUT2D eigenvalue weighted by molar-refractivity contribution is -0.123. The third kappa shape index (κ3) is 4.96. The summed E-state index contributed by atoms with van der Waals surface area (Å²) in [4.78, 5) is 15.3. The molecule has 0 radical (unpaired) electrons. The number of carbonyl (C=O) groups excluding carboxylic acids is 1. The minimum atomic E-state index is -0.0336. The maximum atomic E-state index is 13.0. The van der Waals surface area contributed by atoms with E-state index in [0.29, 0.717) is 19.8 Å². The number of amides is 1. The molecule has 2 aliphatic heterocycles. The minimum Gasteiger partial charge on any atom is -0.497 e. The van der Waals surface area contributed by atoms with Gasteiger partial charge in [-0.25, -0.2) is 0 Å². The molecule has 0 aliphatic carbocycles. The monoisotopic (exact) mass is 424 g/mol. The second-order valence-electron chi connectivity index (χ2n) is 8.59. The molecule has 0 saturated carbocycles. The van der Waals surface area contributed by atoms with E-state index in [0.717, 1.165) is 42.2 Å². The van der Waals surface area contributed by atoms with E-state index in [1.165, 1.54) is 5.56 Å². The second kappa shape index (κ2) is 9.60. The molecule has 1 saturated heterocycles. The zero-order chi connectivity index (χ0) is 21.8. The lowest BCUT2D eigenvalue weighted by Crippen LogP contribution is -2.40. The number of nitrogens with one attached hydrogen (secondary N) is 1. The van der Waals surface area contributed by atoms with Crippen molar-refractivity contribution in [2.45, 2.75) is 38.8 Å². The minimum absolute atomic E-state index is 0.0336. The number of ether oxygens (including phenoxy) is 3. The zero-order valence-corrected chi connectivity index (χ0v) is 18.6. The highest BCUT2D eigenvalue weighted by atomic mass is 16.6. The number of carbonyl (C=O) groups is 1. The molecule has 1 N–H and O–H groups in total. The fourth-order valence-electron chi connectivity index (χ4n) is 4.51. The zero-order valence-electron chi connectivity index (χ0n) is 18.6. The molecule has 2 aromatic carbocycles. The van der Waals surface area contributed by atoms with Gasteiger partial charge in [0, 0.05) is 6.04 Å². The summed E-state index contributed by atoms with van der Waals surface area (Å²) in [5.74, 6) is 2.76. The predicted molar refractivity (Wildman–Crippen MR) is 120 cm³/mol. The Morgan fingerprint density at radius 3 is 2.58 bits per heavy atom. The third-order valence-corrected chi connectivity index (χ3v) is 6.12. The third-order valence-electron chi connectivity index (χ3n) is 6.12. The lowest BCUT2D eigenvalue weighted by Gasteiger charge is -2.28. The molecule has 2 heterocycles. The Bertz CT molecular complexity index is 897. The highest BCUT2D eigenvalue weighted by Gasteiger charge is 2.29. The summed E-state index contributed by atoms with van der Waals surface area (Å²) in [6, 6.07) is 14.3. The molecule has 166 valence electrons. The summed E-state index contributed by atoms with van der Waals surface area (Å²) in [5, 5.41) is 3.25. The molecule has 2 atom stereocenters. The van der Waals surface area contributed by atoms with Crippen LogP contribution in [0.25, 0.3) is 0 Å². The van der Waals surface area contributed by atoms with Gasteiger partial charge < -0.3 is 19.5 Å². The van der Waals surface area contributed by atoms with Crippen LogP contribution in [0.5, 0.6) is 17.2 Å². The molecule has 4 rings (SSSR count). The first-order chi connectivity index (χ1) is 15.0. The van der Waals surface area contributed by atoms with Crippen LogP contribution in [0.2, 0.25) is 0 Å². The Kier molecular flexibility index (Phi) is 6.66. The molecule has 2 aliphatic rings. The molecule has 0 bridgehead atoms. The van der Waals surface area contributed by atoms with Gasteiger partial charge in [0.15, 0.2) is 11.5 Å². The van der Waals surface area contributed by atoms with E-state index in [2.05, 4.69) is 36.2 Å². The van der Waals surface area contributed by atoms with Crippen molar-refractivity contribution in [2.75, 3.05) is 33.4 Å². The summed E-state index contributed by atoms with van der Waals surface area (Å²) >= 11 is 0. The van der Waals surface area contributed by atoms with Crippen molar-refractivity contribution in [2.24, 2.45) is 5.92 Å². The smallest absolute Gasteiger partial charge is 0.234 e. The Hall–Kier alpha value is -2.73. The van der Waals surface area contributed by atoms with Gasteiger partial charge in [0.25, 0.3) is 0 Å². The van der Waals surface area contributed by atoms with Crippen molar-refractivity contribution in [1.29, 1.82) is 0 Å². The highest BCUT2D eigenvalue weighted by molar-refractivity contribution is 5.78. The summed E-state index contributed by atoms with van der Waals surface area (Å²) < 4.78 is 16.7. The normalized spacial score (nSPS) is 19.3. The van der Waals surface area contributed by atoms with Gasteiger partial charge in [0.05, 0.1) is 19.7 Å². The van der Waals surface area contributed by atoms with Gasteiger partial charge in [-0.1, -0.05) is 32.0 Å². The van der Waals surface area contributed by atoms with E-state index < -0.39 is 0 Å². The van der Waals surface area contributed by atoms with Gasteiger partial charge in [-0.2, -0.15) is 0 Å². The maximum Gasteiger partial charge on any atom is 0.234 e. The number of nitrogens with zero attached hydrogens (tertiary/aromatic N) is 1. The van der Waals surface area contributed by atoms with E-state index in [-0.39, 0.29) is 23.9 Å². The Morgan fingerprint density at radius 2 is 1.87 bits per heavy atom. The molecule has 1 amide bonds. The fraction of sp³-hybridized carbons (Fsp3) is 0.480. The standard InChI is InChI=1S/C25H32N2O4/c1-17(2)25(18-6-9-20(29-3)10-7-18)26-24(28)16-27-12-4-5-21(27)19-8-11-22-23(15-19)31-14-13-30-22/h6-11,15,17,21,25H,4-5,12-14,16H2,1-3H3,(H,26,28). The largest absolute Gasteiger partial charge is 0.497 e. The predicted octanol–water partition coefficient (Wildman–Crippen LogP) is 4.12. The molecule has 0 spiro atoms. The number of benzene rings is 2. The van der Waals surface area contributed by atoms with Gasteiger partial charge in [0.2, 0.25) is 5.91 Å². The Balaban J connectivity index is 1.42. The molecule has 2 unspecified atom stereocenters. The van der Waals surface area contributed by atoms with Crippen LogP contribution < -0.4 is 19.5 Å². The highest BCUT2D eigenvalue weighted by Crippen LogP contribution is 2.38. The number of likely N-dealkylation sites (tertiary alicyclic amines) is 1. The van der Waals surface area contributed by atoms with Crippen molar-refractivity contribution in [3.63, 3.8) is 0 Å². The molecule has 2 aromatic rings. The van der Waals surface area contributed by atoms with E-state index in [4.69, 9.17) is 14.2 Å². The van der Waals surface area contributed by atoms with E-state index in [1.807, 2.05) is 30.3 Å². The number of hydrogen-bond donors (Lipinski definition) is 1. The molecule has 31 heavy (non-hydrogen) atoms. The molecule has 1 fully saturated rings.